The molecule has 0 bridgehead atoms. The molecule has 0 saturated heterocycles. The molecule has 0 saturated carbocycles. The zero-order valence-electron chi connectivity index (χ0n) is 24.7. The van der Waals surface area contributed by atoms with Crippen molar-refractivity contribution in [1.82, 2.24) is 19.9 Å². The number of hydrogen-bond donors (Lipinski definition) is 3. The predicted molar refractivity (Wildman–Crippen MR) is 168 cm³/mol. The molecule has 208 valence electrons. The minimum Gasteiger partial charge on any atom is -0.369 e. The van der Waals surface area contributed by atoms with Gasteiger partial charge < -0.3 is 15.7 Å². The second kappa shape index (κ2) is 21.6. The fourth-order valence-corrected chi connectivity index (χ4v) is 2.96. The highest BCUT2D eigenvalue weighted by atomic mass is 16.1. The maximum absolute atomic E-state index is 10.6. The van der Waals surface area contributed by atoms with E-state index < -0.39 is 0 Å². The minimum absolute atomic E-state index is 0.121. The van der Waals surface area contributed by atoms with Crippen LogP contribution in [-0.4, -0.2) is 25.7 Å². The van der Waals surface area contributed by atoms with E-state index in [0.717, 1.165) is 28.3 Å². The van der Waals surface area contributed by atoms with Crippen LogP contribution in [0.25, 0.3) is 22.5 Å². The molecule has 39 heavy (non-hydrogen) atoms. The molecule has 0 spiro atoms. The normalized spacial score (nSPS) is 8.72. The molecule has 0 fully saturated rings. The Bertz CT molecular complexity index is 1170. The molecule has 2 aromatic heterocycles. The van der Waals surface area contributed by atoms with Gasteiger partial charge >= 0.3 is 0 Å². The number of ketones is 1. The van der Waals surface area contributed by atoms with Crippen LogP contribution in [0.4, 0.5) is 5.95 Å². The molecule has 2 heterocycles. The second-order valence-corrected chi connectivity index (χ2v) is 7.22. The number of hydrogen-bond acceptors (Lipinski definition) is 4. The highest BCUT2D eigenvalue weighted by Crippen LogP contribution is 2.16. The molecule has 5 rings (SSSR count). The van der Waals surface area contributed by atoms with E-state index in [9.17, 15) is 4.79 Å². The summed E-state index contributed by atoms with van der Waals surface area (Å²) in [5.41, 5.74) is 10.5. The van der Waals surface area contributed by atoms with Gasteiger partial charge in [-0.05, 0) is 25.0 Å². The smallest absolute Gasteiger partial charge is 0.197 e. The molecule has 0 atom stereocenters. The molecule has 0 aliphatic heterocycles. The maximum atomic E-state index is 10.6. The van der Waals surface area contributed by atoms with Crippen molar-refractivity contribution in [3.8, 4) is 22.5 Å². The Labute approximate surface area is 234 Å². The molecule has 0 amide bonds. The Hall–Kier alpha value is -4.45. The minimum atomic E-state index is 0.121. The van der Waals surface area contributed by atoms with Gasteiger partial charge in [-0.2, -0.15) is 0 Å². The molecular weight excluding hydrogens is 482 g/mol. The predicted octanol–water partition coefficient (Wildman–Crippen LogP) is 9.01. The number of nitrogens with two attached hydrogens (primary N) is 1. The van der Waals surface area contributed by atoms with Crippen LogP contribution in [0.2, 0.25) is 0 Å². The standard InChI is InChI=1S/C10H10N2.C9H9N3.C8H8O.3C2H6/c1-8-11-7-10(12-8)9-5-3-2-4-6-9;10-9-11-6-8(12-9)7-4-2-1-3-5-7;1-7(9)8-5-3-2-4-6-8;3*1-2/h2-7H,1H3,(H,11,12);1-6H,(H3,10,11,12);2-6H,1H3;3*1-2H3. The highest BCUT2D eigenvalue weighted by molar-refractivity contribution is 5.93. The first-order valence-electron chi connectivity index (χ1n) is 13.5. The lowest BCUT2D eigenvalue weighted by Crippen LogP contribution is -1.88. The number of aromatic amines is 2. The van der Waals surface area contributed by atoms with Crippen molar-refractivity contribution in [3.05, 3.63) is 115 Å². The Morgan fingerprint density at radius 3 is 1.31 bits per heavy atom. The number of nitrogen functional groups attached to an aromatic ring is 1. The van der Waals surface area contributed by atoms with Crippen molar-refractivity contribution in [1.29, 1.82) is 0 Å². The van der Waals surface area contributed by atoms with Crippen LogP contribution in [0.3, 0.4) is 0 Å². The number of carbonyl (C=O) groups excluding carboxylic acids is 1. The largest absolute Gasteiger partial charge is 0.369 e. The number of H-pyrrole nitrogens is 2. The van der Waals surface area contributed by atoms with Crippen molar-refractivity contribution < 1.29 is 4.79 Å². The van der Waals surface area contributed by atoms with Crippen LogP contribution in [0, 0.1) is 6.92 Å². The number of aryl methyl sites for hydroxylation is 1. The van der Waals surface area contributed by atoms with Gasteiger partial charge in [0, 0.05) is 5.56 Å². The molecule has 0 unspecified atom stereocenters. The first-order chi connectivity index (χ1) is 19.0. The maximum Gasteiger partial charge on any atom is 0.197 e. The number of imidazole rings is 2. The highest BCUT2D eigenvalue weighted by Gasteiger charge is 1.99. The number of nitrogens with one attached hydrogen (secondary N) is 2. The first-order valence-corrected chi connectivity index (χ1v) is 13.5. The number of anilines is 1. The molecule has 4 N–H and O–H groups in total. The Morgan fingerprint density at radius 2 is 1.00 bits per heavy atom. The van der Waals surface area contributed by atoms with Crippen LogP contribution >= 0.6 is 0 Å². The third-order valence-corrected chi connectivity index (χ3v) is 4.65. The number of rotatable bonds is 3. The van der Waals surface area contributed by atoms with Gasteiger partial charge in [-0.3, -0.25) is 4.79 Å². The van der Waals surface area contributed by atoms with E-state index in [1.165, 1.54) is 5.56 Å². The zero-order valence-corrected chi connectivity index (χ0v) is 24.7. The van der Waals surface area contributed by atoms with E-state index in [0.29, 0.717) is 5.95 Å². The van der Waals surface area contributed by atoms with Crippen LogP contribution in [0.15, 0.2) is 103 Å². The fourth-order valence-electron chi connectivity index (χ4n) is 2.96. The number of Topliss-reactive ketones (excluding diaryl/α,β-unsaturated/α-hetero) is 1. The second-order valence-electron chi connectivity index (χ2n) is 7.22. The number of carbonyl (C=O) groups is 1. The molecule has 6 nitrogen and oxygen atoms in total. The summed E-state index contributed by atoms with van der Waals surface area (Å²) in [5.74, 6) is 1.53. The topological polar surface area (TPSA) is 100 Å². The summed E-state index contributed by atoms with van der Waals surface area (Å²) in [7, 11) is 0. The van der Waals surface area contributed by atoms with Crippen LogP contribution in [-0.2, 0) is 0 Å². The van der Waals surface area contributed by atoms with Crippen molar-refractivity contribution in [2.24, 2.45) is 0 Å². The number of nitrogens with zero attached hydrogens (tertiary/aromatic N) is 2. The molecule has 0 aliphatic carbocycles. The van der Waals surface area contributed by atoms with E-state index in [-0.39, 0.29) is 5.78 Å². The van der Waals surface area contributed by atoms with Gasteiger partial charge in [0.05, 0.1) is 23.8 Å². The third kappa shape index (κ3) is 13.6. The fraction of sp³-hybridized carbons (Fsp3) is 0.242. The quantitative estimate of drug-likeness (QED) is 0.204. The van der Waals surface area contributed by atoms with Gasteiger partial charge in [0.2, 0.25) is 0 Å². The summed E-state index contributed by atoms with van der Waals surface area (Å²) in [4.78, 5) is 24.8. The first kappa shape index (κ1) is 34.6. The molecule has 0 aliphatic rings. The molecule has 3 aromatic carbocycles. The van der Waals surface area contributed by atoms with Gasteiger partial charge in [0.1, 0.15) is 5.82 Å². The van der Waals surface area contributed by atoms with E-state index >= 15 is 0 Å². The van der Waals surface area contributed by atoms with Gasteiger partial charge in [-0.15, -0.1) is 0 Å². The van der Waals surface area contributed by atoms with Gasteiger partial charge in [-0.1, -0.05) is 133 Å². The third-order valence-electron chi connectivity index (χ3n) is 4.65. The van der Waals surface area contributed by atoms with Gasteiger partial charge in [-0.25, -0.2) is 9.97 Å². The van der Waals surface area contributed by atoms with Crippen LogP contribution in [0.5, 0.6) is 0 Å². The summed E-state index contributed by atoms with van der Waals surface area (Å²) >= 11 is 0. The van der Waals surface area contributed by atoms with Crippen molar-refractivity contribution in [3.63, 3.8) is 0 Å². The van der Waals surface area contributed by atoms with Gasteiger partial charge in [0.15, 0.2) is 11.7 Å². The summed E-state index contributed by atoms with van der Waals surface area (Å²) < 4.78 is 0. The summed E-state index contributed by atoms with van der Waals surface area (Å²) in [6.07, 6.45) is 3.58. The SMILES string of the molecule is CC.CC.CC.CC(=O)c1ccccc1.Cc1ncc(-c2ccccc2)[nH]1.Nc1ncc(-c2ccccc2)[nH]1. The number of benzene rings is 3. The van der Waals surface area contributed by atoms with E-state index in [4.69, 9.17) is 5.73 Å². The summed E-state index contributed by atoms with van der Waals surface area (Å²) in [6.45, 7) is 15.5. The Morgan fingerprint density at radius 1 is 0.615 bits per heavy atom. The molecule has 5 aromatic rings. The van der Waals surface area contributed by atoms with E-state index in [2.05, 4.69) is 32.1 Å². The lowest BCUT2D eigenvalue weighted by Gasteiger charge is -1.94. The average molecular weight is 528 g/mol. The zero-order chi connectivity index (χ0) is 29.5. The van der Waals surface area contributed by atoms with Crippen LogP contribution in [0.1, 0.15) is 64.6 Å². The Kier molecular flexibility index (Phi) is 19.2. The van der Waals surface area contributed by atoms with E-state index in [1.54, 1.807) is 13.1 Å². The lowest BCUT2D eigenvalue weighted by atomic mass is 10.2. The van der Waals surface area contributed by atoms with Crippen molar-refractivity contribution in [2.45, 2.75) is 55.4 Å². The number of aromatic nitrogens is 4. The summed E-state index contributed by atoms with van der Waals surface area (Å²) in [6, 6.07) is 29.3. The average Bonchev–Trinajstić information content (AvgIpc) is 3.66. The summed E-state index contributed by atoms with van der Waals surface area (Å²) in [5, 5.41) is 0. The van der Waals surface area contributed by atoms with E-state index in [1.807, 2.05) is 134 Å². The molecular formula is C33H45N5O. The van der Waals surface area contributed by atoms with Crippen molar-refractivity contribution >= 4 is 11.7 Å². The molecule has 0 radical (unpaired) electrons. The van der Waals surface area contributed by atoms with Gasteiger partial charge in [0.25, 0.3) is 0 Å². The van der Waals surface area contributed by atoms with Crippen molar-refractivity contribution in [2.75, 3.05) is 5.73 Å². The lowest BCUT2D eigenvalue weighted by molar-refractivity contribution is 0.101. The van der Waals surface area contributed by atoms with Crippen LogP contribution < -0.4 is 5.73 Å². The Balaban J connectivity index is 0.000000511. The molecule has 6 heteroatoms. The monoisotopic (exact) mass is 527 g/mol.